The van der Waals surface area contributed by atoms with Gasteiger partial charge in [0.15, 0.2) is 0 Å². The first-order valence-corrected chi connectivity index (χ1v) is 11.2. The summed E-state index contributed by atoms with van der Waals surface area (Å²) in [6, 6.07) is 7.26. The van der Waals surface area contributed by atoms with Gasteiger partial charge >= 0.3 is 0 Å². The third-order valence-electron chi connectivity index (χ3n) is 6.81. The summed E-state index contributed by atoms with van der Waals surface area (Å²) in [5.41, 5.74) is 0.713. The van der Waals surface area contributed by atoms with Crippen molar-refractivity contribution in [3.05, 3.63) is 35.6 Å². The minimum Gasteiger partial charge on any atom is -0.341 e. The Kier molecular flexibility index (Phi) is 6.48. The lowest BCUT2D eigenvalue weighted by molar-refractivity contribution is -0.144. The molecule has 158 valence electrons. The molecule has 5 nitrogen and oxygen atoms in total. The molecule has 0 N–H and O–H groups in total. The zero-order valence-electron chi connectivity index (χ0n) is 17.2. The Bertz CT molecular complexity index is 735. The molecule has 2 saturated heterocycles. The molecule has 2 aliphatic heterocycles. The summed E-state index contributed by atoms with van der Waals surface area (Å²) in [5.74, 6) is 0.205. The highest BCUT2D eigenvalue weighted by atomic mass is 19.1. The average molecular weight is 402 g/mol. The number of piperidine rings is 1. The monoisotopic (exact) mass is 401 g/mol. The molecule has 1 aliphatic carbocycles. The first-order chi connectivity index (χ1) is 14.1. The molecule has 2 heterocycles. The van der Waals surface area contributed by atoms with E-state index in [9.17, 15) is 14.0 Å². The molecule has 1 aromatic rings. The molecule has 1 atom stereocenters. The molecular formula is C23H32FN3O2. The zero-order chi connectivity index (χ0) is 20.2. The largest absolute Gasteiger partial charge is 0.341 e. The molecule has 0 radical (unpaired) electrons. The number of benzene rings is 1. The number of nitrogens with zero attached hydrogens (tertiary/aromatic N) is 3. The van der Waals surface area contributed by atoms with Crippen LogP contribution in [0.2, 0.25) is 0 Å². The summed E-state index contributed by atoms with van der Waals surface area (Å²) in [6.45, 7) is 4.25. The highest BCUT2D eigenvalue weighted by Crippen LogP contribution is 2.29. The minimum atomic E-state index is -0.163. The Morgan fingerprint density at radius 1 is 1.00 bits per heavy atom. The normalized spacial score (nSPS) is 24.7. The molecule has 4 rings (SSSR count). The summed E-state index contributed by atoms with van der Waals surface area (Å²) in [4.78, 5) is 31.8. The van der Waals surface area contributed by atoms with Gasteiger partial charge in [0.1, 0.15) is 5.82 Å². The van der Waals surface area contributed by atoms with Gasteiger partial charge < -0.3 is 9.80 Å². The van der Waals surface area contributed by atoms with E-state index in [1.54, 1.807) is 6.07 Å². The van der Waals surface area contributed by atoms with Gasteiger partial charge in [-0.05, 0) is 31.7 Å². The molecule has 6 heteroatoms. The van der Waals surface area contributed by atoms with Crippen LogP contribution in [0.3, 0.4) is 0 Å². The molecule has 0 aromatic heterocycles. The van der Waals surface area contributed by atoms with Crippen molar-refractivity contribution in [1.82, 2.24) is 14.7 Å². The van der Waals surface area contributed by atoms with Gasteiger partial charge in [-0.3, -0.25) is 14.5 Å². The number of carbonyl (C=O) groups is 2. The Hall–Kier alpha value is -1.95. The van der Waals surface area contributed by atoms with Gasteiger partial charge in [-0.1, -0.05) is 31.0 Å². The molecule has 1 saturated carbocycles. The topological polar surface area (TPSA) is 43.9 Å². The number of halogens is 1. The lowest BCUT2D eigenvalue weighted by Gasteiger charge is -2.38. The van der Waals surface area contributed by atoms with E-state index in [1.165, 1.54) is 18.9 Å². The predicted octanol–water partition coefficient (Wildman–Crippen LogP) is 3.04. The molecule has 1 aromatic carbocycles. The van der Waals surface area contributed by atoms with Crippen LogP contribution in [-0.2, 0) is 16.1 Å². The van der Waals surface area contributed by atoms with Crippen molar-refractivity contribution in [2.24, 2.45) is 5.92 Å². The molecule has 0 spiro atoms. The van der Waals surface area contributed by atoms with Crippen molar-refractivity contribution >= 4 is 11.8 Å². The van der Waals surface area contributed by atoms with E-state index in [4.69, 9.17) is 0 Å². The van der Waals surface area contributed by atoms with Crippen molar-refractivity contribution in [2.45, 2.75) is 57.5 Å². The molecule has 1 unspecified atom stereocenters. The molecule has 0 bridgehead atoms. The van der Waals surface area contributed by atoms with Gasteiger partial charge in [0.2, 0.25) is 11.8 Å². The van der Waals surface area contributed by atoms with Crippen LogP contribution in [0.5, 0.6) is 0 Å². The van der Waals surface area contributed by atoms with Crippen LogP contribution in [0.1, 0.15) is 50.5 Å². The Morgan fingerprint density at radius 2 is 1.79 bits per heavy atom. The SMILES string of the molecule is O=C(C1CCC(=O)N(C2CCCC2)C1)N1CCCN(Cc2ccccc2F)CC1. The lowest BCUT2D eigenvalue weighted by atomic mass is 9.94. The van der Waals surface area contributed by atoms with Crippen LogP contribution < -0.4 is 0 Å². The fraction of sp³-hybridized carbons (Fsp3) is 0.652. The van der Waals surface area contributed by atoms with Gasteiger partial charge in [-0.25, -0.2) is 4.39 Å². The summed E-state index contributed by atoms with van der Waals surface area (Å²) in [5, 5.41) is 0. The third-order valence-corrected chi connectivity index (χ3v) is 6.81. The number of likely N-dealkylation sites (tertiary alicyclic amines) is 1. The minimum absolute atomic E-state index is 0.0635. The van der Waals surface area contributed by atoms with Crippen molar-refractivity contribution in [3.63, 3.8) is 0 Å². The maximum Gasteiger partial charge on any atom is 0.227 e. The molecule has 2 amide bonds. The smallest absolute Gasteiger partial charge is 0.227 e. The summed E-state index contributed by atoms with van der Waals surface area (Å²) in [7, 11) is 0. The van der Waals surface area contributed by atoms with E-state index in [2.05, 4.69) is 4.90 Å². The van der Waals surface area contributed by atoms with E-state index in [0.717, 1.165) is 38.9 Å². The van der Waals surface area contributed by atoms with Crippen LogP contribution in [0, 0.1) is 11.7 Å². The number of carbonyl (C=O) groups excluding carboxylic acids is 2. The van der Waals surface area contributed by atoms with Gasteiger partial charge in [-0.15, -0.1) is 0 Å². The second-order valence-electron chi connectivity index (χ2n) is 8.77. The van der Waals surface area contributed by atoms with E-state index >= 15 is 0 Å². The van der Waals surface area contributed by atoms with Crippen LogP contribution in [-0.4, -0.2) is 65.3 Å². The van der Waals surface area contributed by atoms with Crippen LogP contribution >= 0.6 is 0 Å². The number of rotatable bonds is 4. The highest BCUT2D eigenvalue weighted by Gasteiger charge is 2.37. The van der Waals surface area contributed by atoms with Crippen LogP contribution in [0.4, 0.5) is 4.39 Å². The lowest BCUT2D eigenvalue weighted by Crippen LogP contribution is -2.50. The molecule has 29 heavy (non-hydrogen) atoms. The van der Waals surface area contributed by atoms with Gasteiger partial charge in [-0.2, -0.15) is 0 Å². The van der Waals surface area contributed by atoms with E-state index in [-0.39, 0.29) is 23.5 Å². The van der Waals surface area contributed by atoms with Gasteiger partial charge in [0.05, 0.1) is 5.92 Å². The summed E-state index contributed by atoms with van der Waals surface area (Å²) < 4.78 is 14.0. The van der Waals surface area contributed by atoms with Gasteiger partial charge in [0, 0.05) is 57.3 Å². The van der Waals surface area contributed by atoms with Gasteiger partial charge in [0.25, 0.3) is 0 Å². The van der Waals surface area contributed by atoms with Crippen LogP contribution in [0.25, 0.3) is 0 Å². The maximum absolute atomic E-state index is 14.0. The molecule has 3 aliphatic rings. The number of hydrogen-bond donors (Lipinski definition) is 0. The van der Waals surface area contributed by atoms with Crippen molar-refractivity contribution in [3.8, 4) is 0 Å². The molecular weight excluding hydrogens is 369 g/mol. The Morgan fingerprint density at radius 3 is 2.59 bits per heavy atom. The van der Waals surface area contributed by atoms with Crippen molar-refractivity contribution in [2.75, 3.05) is 32.7 Å². The first kappa shape index (κ1) is 20.3. The Labute approximate surface area is 172 Å². The second kappa shape index (κ2) is 9.24. The fourth-order valence-corrected chi connectivity index (χ4v) is 5.12. The Balaban J connectivity index is 1.33. The van der Waals surface area contributed by atoms with Crippen molar-refractivity contribution < 1.29 is 14.0 Å². The van der Waals surface area contributed by atoms with E-state index in [1.807, 2.05) is 21.9 Å². The first-order valence-electron chi connectivity index (χ1n) is 11.2. The fourth-order valence-electron chi connectivity index (χ4n) is 5.12. The van der Waals surface area contributed by atoms with E-state index in [0.29, 0.717) is 44.1 Å². The molecule has 3 fully saturated rings. The average Bonchev–Trinajstić information content (AvgIpc) is 3.16. The quantitative estimate of drug-likeness (QED) is 0.779. The van der Waals surface area contributed by atoms with Crippen LogP contribution in [0.15, 0.2) is 24.3 Å². The number of hydrogen-bond acceptors (Lipinski definition) is 3. The highest BCUT2D eigenvalue weighted by molar-refractivity contribution is 5.84. The predicted molar refractivity (Wildman–Crippen MR) is 110 cm³/mol. The number of amides is 2. The summed E-state index contributed by atoms with van der Waals surface area (Å²) in [6.07, 6.45) is 6.63. The standard InChI is InChI=1S/C23H32FN3O2/c24-21-9-4-1-6-18(21)16-25-12-5-13-26(15-14-25)23(29)19-10-11-22(28)27(17-19)20-7-2-3-8-20/h1,4,6,9,19-20H,2-3,5,7-8,10-17H2. The van der Waals surface area contributed by atoms with E-state index < -0.39 is 0 Å². The summed E-state index contributed by atoms with van der Waals surface area (Å²) >= 11 is 0. The third kappa shape index (κ3) is 4.80. The zero-order valence-corrected chi connectivity index (χ0v) is 17.2. The second-order valence-corrected chi connectivity index (χ2v) is 8.77. The maximum atomic E-state index is 14.0. The van der Waals surface area contributed by atoms with Crippen molar-refractivity contribution in [1.29, 1.82) is 0 Å².